The molecule has 5 nitrogen and oxygen atoms in total. The fourth-order valence-corrected chi connectivity index (χ4v) is 1.89. The van der Waals surface area contributed by atoms with E-state index >= 15 is 0 Å². The minimum Gasteiger partial charge on any atom is -0.397 e. The van der Waals surface area contributed by atoms with Crippen LogP contribution in [0.5, 0.6) is 0 Å². The Morgan fingerprint density at radius 1 is 1.63 bits per heavy atom. The highest BCUT2D eigenvalue weighted by molar-refractivity contribution is 5.94. The van der Waals surface area contributed by atoms with Crippen molar-refractivity contribution in [2.24, 2.45) is 0 Å². The lowest BCUT2D eigenvalue weighted by molar-refractivity contribution is 0.0706. The van der Waals surface area contributed by atoms with Gasteiger partial charge in [0.2, 0.25) is 0 Å². The first-order valence-electron chi connectivity index (χ1n) is 6.37. The van der Waals surface area contributed by atoms with Crippen LogP contribution in [0, 0.1) is 0 Å². The number of nitrogen functional groups attached to an aromatic ring is 1. The van der Waals surface area contributed by atoms with E-state index in [2.05, 4.69) is 6.58 Å². The molecule has 0 radical (unpaired) electrons. The molecule has 0 aliphatic heterocycles. The highest BCUT2D eigenvalue weighted by Gasteiger charge is 2.20. The third-order valence-corrected chi connectivity index (χ3v) is 2.85. The van der Waals surface area contributed by atoms with Crippen molar-refractivity contribution in [3.8, 4) is 0 Å². The van der Waals surface area contributed by atoms with Crippen LogP contribution in [0.3, 0.4) is 0 Å². The summed E-state index contributed by atoms with van der Waals surface area (Å²) in [4.78, 5) is 14.2. The van der Waals surface area contributed by atoms with Gasteiger partial charge < -0.3 is 19.9 Å². The van der Waals surface area contributed by atoms with Crippen molar-refractivity contribution in [3.05, 3.63) is 30.6 Å². The number of carbonyl (C=O) groups excluding carboxylic acids is 1. The maximum atomic E-state index is 12.5. The Morgan fingerprint density at radius 2 is 2.32 bits per heavy atom. The van der Waals surface area contributed by atoms with Crippen LogP contribution in [0.2, 0.25) is 0 Å². The molecule has 1 aromatic rings. The summed E-state index contributed by atoms with van der Waals surface area (Å²) in [6.07, 6.45) is 3.50. The first kappa shape index (κ1) is 15.3. The fraction of sp³-hybridized carbons (Fsp3) is 0.500. The molecule has 0 unspecified atom stereocenters. The molecule has 0 bridgehead atoms. The summed E-state index contributed by atoms with van der Waals surface area (Å²) in [5, 5.41) is 0. The molecule has 0 aromatic carbocycles. The molecule has 2 N–H and O–H groups in total. The number of aromatic nitrogens is 1. The normalized spacial score (nSPS) is 10.7. The lowest BCUT2D eigenvalue weighted by atomic mass is 10.3. The van der Waals surface area contributed by atoms with Crippen LogP contribution in [0.1, 0.15) is 30.4 Å². The Morgan fingerprint density at radius 3 is 2.84 bits per heavy atom. The second-order valence-electron chi connectivity index (χ2n) is 4.69. The third kappa shape index (κ3) is 3.86. The molecule has 5 heteroatoms. The van der Waals surface area contributed by atoms with Crippen molar-refractivity contribution >= 4 is 11.6 Å². The van der Waals surface area contributed by atoms with Crippen molar-refractivity contribution in [2.45, 2.75) is 19.9 Å². The van der Waals surface area contributed by atoms with Crippen molar-refractivity contribution in [1.29, 1.82) is 0 Å². The molecule has 1 rings (SSSR count). The average Bonchev–Trinajstić information content (AvgIpc) is 2.76. The molecule has 106 valence electrons. The Labute approximate surface area is 114 Å². The van der Waals surface area contributed by atoms with Crippen molar-refractivity contribution in [2.75, 3.05) is 32.5 Å². The van der Waals surface area contributed by atoms with E-state index < -0.39 is 0 Å². The number of hydrogen-bond donors (Lipinski definition) is 1. The SMILES string of the molecule is C=CCN(CCOC)C(=O)c1cc(N)cn1C(C)C. The van der Waals surface area contributed by atoms with E-state index in [9.17, 15) is 4.79 Å². The number of anilines is 1. The molecular weight excluding hydrogens is 242 g/mol. The zero-order valence-corrected chi connectivity index (χ0v) is 11.9. The molecule has 1 amide bonds. The molecule has 0 aliphatic rings. The molecule has 0 fully saturated rings. The lowest BCUT2D eigenvalue weighted by Crippen LogP contribution is -2.35. The quantitative estimate of drug-likeness (QED) is 0.766. The maximum absolute atomic E-state index is 12.5. The van der Waals surface area contributed by atoms with E-state index in [1.54, 1.807) is 30.3 Å². The van der Waals surface area contributed by atoms with Crippen LogP contribution in [-0.4, -0.2) is 42.2 Å². The van der Waals surface area contributed by atoms with Gasteiger partial charge in [0.05, 0.1) is 12.3 Å². The largest absolute Gasteiger partial charge is 0.397 e. The van der Waals surface area contributed by atoms with Crippen LogP contribution in [-0.2, 0) is 4.74 Å². The zero-order valence-electron chi connectivity index (χ0n) is 11.9. The first-order chi connectivity index (χ1) is 9.01. The second-order valence-corrected chi connectivity index (χ2v) is 4.69. The van der Waals surface area contributed by atoms with Gasteiger partial charge in [-0.25, -0.2) is 0 Å². The van der Waals surface area contributed by atoms with E-state index in [0.717, 1.165) is 0 Å². The molecule has 1 aromatic heterocycles. The first-order valence-corrected chi connectivity index (χ1v) is 6.37. The van der Waals surface area contributed by atoms with Crippen molar-refractivity contribution in [3.63, 3.8) is 0 Å². The topological polar surface area (TPSA) is 60.5 Å². The summed E-state index contributed by atoms with van der Waals surface area (Å²) < 4.78 is 6.92. The number of hydrogen-bond acceptors (Lipinski definition) is 3. The van der Waals surface area contributed by atoms with Gasteiger partial charge in [0.1, 0.15) is 5.69 Å². The van der Waals surface area contributed by atoms with Gasteiger partial charge in [0, 0.05) is 32.4 Å². The Bertz CT molecular complexity index is 438. The van der Waals surface area contributed by atoms with Crippen LogP contribution >= 0.6 is 0 Å². The summed E-state index contributed by atoms with van der Waals surface area (Å²) >= 11 is 0. The summed E-state index contributed by atoms with van der Waals surface area (Å²) in [7, 11) is 1.62. The molecule has 0 saturated heterocycles. The molecule has 0 saturated carbocycles. The van der Waals surface area contributed by atoms with Gasteiger partial charge in [0.15, 0.2) is 0 Å². The Hall–Kier alpha value is -1.75. The van der Waals surface area contributed by atoms with Crippen LogP contribution in [0.15, 0.2) is 24.9 Å². The molecule has 0 spiro atoms. The van der Waals surface area contributed by atoms with E-state index in [1.165, 1.54) is 0 Å². The van der Waals surface area contributed by atoms with E-state index in [0.29, 0.717) is 31.1 Å². The predicted octanol–water partition coefficient (Wildman–Crippen LogP) is 1.93. The van der Waals surface area contributed by atoms with Crippen LogP contribution in [0.25, 0.3) is 0 Å². The maximum Gasteiger partial charge on any atom is 0.270 e. The molecule has 19 heavy (non-hydrogen) atoms. The van der Waals surface area contributed by atoms with Gasteiger partial charge in [-0.05, 0) is 19.9 Å². The van der Waals surface area contributed by atoms with Gasteiger partial charge in [-0.15, -0.1) is 6.58 Å². The number of carbonyl (C=O) groups is 1. The number of nitrogens with two attached hydrogens (primary N) is 1. The summed E-state index contributed by atoms with van der Waals surface area (Å²) in [6, 6.07) is 1.90. The van der Waals surface area contributed by atoms with Crippen molar-refractivity contribution in [1.82, 2.24) is 9.47 Å². The number of ether oxygens (including phenoxy) is 1. The van der Waals surface area contributed by atoms with E-state index in [-0.39, 0.29) is 11.9 Å². The van der Waals surface area contributed by atoms with Gasteiger partial charge in [0.25, 0.3) is 5.91 Å². The highest BCUT2D eigenvalue weighted by atomic mass is 16.5. The fourth-order valence-electron chi connectivity index (χ4n) is 1.89. The number of amides is 1. The summed E-state index contributed by atoms with van der Waals surface area (Å²) in [5.74, 6) is -0.0534. The van der Waals surface area contributed by atoms with Gasteiger partial charge in [-0.3, -0.25) is 4.79 Å². The van der Waals surface area contributed by atoms with Crippen LogP contribution < -0.4 is 5.73 Å². The number of nitrogens with zero attached hydrogens (tertiary/aromatic N) is 2. The van der Waals surface area contributed by atoms with Crippen molar-refractivity contribution < 1.29 is 9.53 Å². The Balaban J connectivity index is 2.98. The molecule has 0 aliphatic carbocycles. The number of rotatable bonds is 7. The number of methoxy groups -OCH3 is 1. The standard InChI is InChI=1S/C14H23N3O2/c1-5-6-16(7-8-19-4)14(18)13-9-12(15)10-17(13)11(2)3/h5,9-11H,1,6-8,15H2,2-4H3. The minimum atomic E-state index is -0.0534. The highest BCUT2D eigenvalue weighted by Crippen LogP contribution is 2.18. The molecule has 0 atom stereocenters. The Kier molecular flexibility index (Phi) is 5.63. The lowest BCUT2D eigenvalue weighted by Gasteiger charge is -2.22. The summed E-state index contributed by atoms with van der Waals surface area (Å²) in [6.45, 7) is 9.24. The van der Waals surface area contributed by atoms with Crippen LogP contribution in [0.4, 0.5) is 5.69 Å². The van der Waals surface area contributed by atoms with Gasteiger partial charge in [-0.2, -0.15) is 0 Å². The monoisotopic (exact) mass is 265 g/mol. The minimum absolute atomic E-state index is 0.0534. The average molecular weight is 265 g/mol. The molecular formula is C14H23N3O2. The zero-order chi connectivity index (χ0) is 14.4. The van der Waals surface area contributed by atoms with Gasteiger partial charge in [-0.1, -0.05) is 6.08 Å². The third-order valence-electron chi connectivity index (χ3n) is 2.85. The predicted molar refractivity (Wildman–Crippen MR) is 77.2 cm³/mol. The smallest absolute Gasteiger partial charge is 0.270 e. The van der Waals surface area contributed by atoms with E-state index in [1.807, 2.05) is 18.4 Å². The van der Waals surface area contributed by atoms with Gasteiger partial charge >= 0.3 is 0 Å². The van der Waals surface area contributed by atoms with E-state index in [4.69, 9.17) is 10.5 Å². The second kappa shape index (κ2) is 6.99. The molecule has 1 heterocycles. The summed E-state index contributed by atoms with van der Waals surface area (Å²) in [5.41, 5.74) is 6.99.